The van der Waals surface area contributed by atoms with E-state index in [0.717, 1.165) is 10.8 Å². The summed E-state index contributed by atoms with van der Waals surface area (Å²) < 4.78 is 8.33. The molecule has 2 aromatic heterocycles. The van der Waals surface area contributed by atoms with Crippen molar-refractivity contribution in [3.8, 4) is 11.5 Å². The molecule has 7 nitrogen and oxygen atoms in total. The molecular weight excluding hydrogens is 508 g/mol. The van der Waals surface area contributed by atoms with Crippen molar-refractivity contribution in [1.29, 1.82) is 0 Å². The zero-order valence-electron chi connectivity index (χ0n) is 13.4. The minimum absolute atomic E-state index is 0.239. The molecule has 8 heteroatoms. The second kappa shape index (κ2) is 11.8. The van der Waals surface area contributed by atoms with Crippen molar-refractivity contribution < 1.29 is 43.9 Å². The van der Waals surface area contributed by atoms with Gasteiger partial charge in [-0.2, -0.15) is 0 Å². The number of aromatic hydroxyl groups is 2. The van der Waals surface area contributed by atoms with Gasteiger partial charge in [0.2, 0.25) is 0 Å². The fourth-order valence-electron chi connectivity index (χ4n) is 2.18. The molecule has 0 aliphatic carbocycles. The van der Waals surface area contributed by atoms with Crippen LogP contribution in [0.1, 0.15) is 0 Å². The third-order valence-corrected chi connectivity index (χ3v) is 3.22. The van der Waals surface area contributed by atoms with E-state index >= 15 is 0 Å². The van der Waals surface area contributed by atoms with Gasteiger partial charge in [-0.25, -0.2) is 0 Å². The van der Waals surface area contributed by atoms with Crippen molar-refractivity contribution >= 4 is 21.8 Å². The predicted molar refractivity (Wildman–Crippen MR) is 92.8 cm³/mol. The Morgan fingerprint density at radius 3 is 1.31 bits per heavy atom. The van der Waals surface area contributed by atoms with E-state index in [1.165, 1.54) is 0 Å². The Hall–Kier alpha value is -2.73. The van der Waals surface area contributed by atoms with Gasteiger partial charge >= 0.3 is 23.2 Å². The summed E-state index contributed by atoms with van der Waals surface area (Å²) in [5.41, 5.74) is 1.32. The van der Waals surface area contributed by atoms with E-state index in [0.29, 0.717) is 30.8 Å². The summed E-state index contributed by atoms with van der Waals surface area (Å²) in [5.74, 6) is 0.478. The Morgan fingerprint density at radius 2 is 0.962 bits per heavy atom. The molecule has 0 atom stereocenters. The molecule has 0 fully saturated rings. The molecule has 4 N–H and O–H groups in total. The average molecular weight is 524 g/mol. The second-order valence-corrected chi connectivity index (χ2v) is 4.70. The zero-order valence-corrected chi connectivity index (χ0v) is 16.4. The normalized spacial score (nSPS) is 9.00. The molecule has 0 bridgehead atoms. The molecular formula is C18H16N2O5W. The molecule has 26 heavy (non-hydrogen) atoms. The number of aromatic nitrogens is 2. The Balaban J connectivity index is 0.000000219. The molecule has 0 spiro atoms. The first-order valence-corrected chi connectivity index (χ1v) is 8.37. The summed E-state index contributed by atoms with van der Waals surface area (Å²) in [6.45, 7) is 0. The van der Waals surface area contributed by atoms with E-state index in [-0.39, 0.29) is 11.5 Å². The van der Waals surface area contributed by atoms with Gasteiger partial charge in [0, 0.05) is 23.2 Å². The van der Waals surface area contributed by atoms with Gasteiger partial charge in [0.25, 0.3) is 0 Å². The van der Waals surface area contributed by atoms with Gasteiger partial charge in [0.15, 0.2) is 0 Å². The van der Waals surface area contributed by atoms with Crippen LogP contribution in [0.3, 0.4) is 0 Å². The molecule has 0 radical (unpaired) electrons. The maximum absolute atomic E-state index is 9.31. The fourth-order valence-corrected chi connectivity index (χ4v) is 2.18. The first-order chi connectivity index (χ1) is 12.8. The van der Waals surface area contributed by atoms with Gasteiger partial charge in [-0.15, -0.1) is 0 Å². The number of phenolic OH excluding ortho intramolecular Hbond substituents is 2. The molecule has 0 amide bonds. The maximum atomic E-state index is 9.31. The van der Waals surface area contributed by atoms with E-state index in [4.69, 9.17) is 13.9 Å². The van der Waals surface area contributed by atoms with Crippen LogP contribution in [0.5, 0.6) is 11.5 Å². The quantitative estimate of drug-likeness (QED) is 0.204. The average Bonchev–Trinajstić information content (AvgIpc) is 2.72. The topological polar surface area (TPSA) is 124 Å². The van der Waals surface area contributed by atoms with Crippen molar-refractivity contribution in [3.63, 3.8) is 0 Å². The standard InChI is InChI=1S/2C9H7NO.H2O2.O.W/c2*11-8-5-1-3-7-4-2-6-10-9(7)8;1-2;;/h2*1-6,11H;1-2H;;. The van der Waals surface area contributed by atoms with Crippen LogP contribution in [-0.4, -0.2) is 30.7 Å². The van der Waals surface area contributed by atoms with E-state index in [2.05, 4.69) is 9.97 Å². The van der Waals surface area contributed by atoms with Gasteiger partial charge < -0.3 is 10.2 Å². The number of nitrogens with zero attached hydrogens (tertiary/aromatic N) is 2. The summed E-state index contributed by atoms with van der Waals surface area (Å²) in [5, 5.41) is 32.5. The van der Waals surface area contributed by atoms with Gasteiger partial charge in [-0.1, -0.05) is 36.4 Å². The molecule has 0 saturated heterocycles. The third-order valence-electron chi connectivity index (χ3n) is 3.22. The minimum atomic E-state index is 0.239. The van der Waals surface area contributed by atoms with Crippen LogP contribution in [0.4, 0.5) is 0 Å². The van der Waals surface area contributed by atoms with Gasteiger partial charge in [-0.3, -0.25) is 20.5 Å². The second-order valence-electron chi connectivity index (χ2n) is 4.70. The number of fused-ring (bicyclic) bond motifs is 2. The molecule has 2 aromatic carbocycles. The molecule has 0 saturated carbocycles. The van der Waals surface area contributed by atoms with Gasteiger partial charge in [-0.05, 0) is 24.3 Å². The Labute approximate surface area is 160 Å². The van der Waals surface area contributed by atoms with Crippen LogP contribution in [0, 0.1) is 0 Å². The van der Waals surface area contributed by atoms with E-state index in [1.807, 2.05) is 36.4 Å². The first-order valence-electron chi connectivity index (χ1n) is 7.18. The van der Waals surface area contributed by atoms with Crippen molar-refractivity contribution in [2.45, 2.75) is 0 Å². The zero-order chi connectivity index (χ0) is 19.4. The number of rotatable bonds is 0. The van der Waals surface area contributed by atoms with E-state index in [9.17, 15) is 10.2 Å². The Morgan fingerprint density at radius 1 is 0.615 bits per heavy atom. The third kappa shape index (κ3) is 5.67. The Kier molecular flexibility index (Phi) is 9.64. The summed E-state index contributed by atoms with van der Waals surface area (Å²) >= 11 is 0.333. The molecule has 134 valence electrons. The summed E-state index contributed by atoms with van der Waals surface area (Å²) in [6.07, 6.45) is 3.34. The van der Waals surface area contributed by atoms with Gasteiger partial charge in [0.05, 0.1) is 0 Å². The monoisotopic (exact) mass is 524 g/mol. The van der Waals surface area contributed by atoms with Crippen LogP contribution >= 0.6 is 0 Å². The number of para-hydroxylation sites is 2. The van der Waals surface area contributed by atoms with E-state index in [1.54, 1.807) is 36.7 Å². The Bertz CT molecular complexity index is 865. The van der Waals surface area contributed by atoms with E-state index < -0.39 is 0 Å². The number of hydrogen-bond donors (Lipinski definition) is 4. The van der Waals surface area contributed by atoms with Crippen molar-refractivity contribution in [2.75, 3.05) is 0 Å². The number of benzene rings is 2. The summed E-state index contributed by atoms with van der Waals surface area (Å²) in [4.78, 5) is 8.06. The van der Waals surface area contributed by atoms with Crippen LogP contribution in [0.15, 0.2) is 73.1 Å². The molecule has 2 heterocycles. The molecule has 4 aromatic rings. The van der Waals surface area contributed by atoms with Crippen molar-refractivity contribution in [3.05, 3.63) is 73.1 Å². The van der Waals surface area contributed by atoms with Crippen molar-refractivity contribution in [1.82, 2.24) is 9.97 Å². The number of phenols is 2. The fraction of sp³-hybridized carbons (Fsp3) is 0. The SMILES string of the molecule is OO.Oc1cccc2cccnc12.Oc1cccc2cccnc12.[O]=[W]. The summed E-state index contributed by atoms with van der Waals surface area (Å²) in [6, 6.07) is 18.3. The van der Waals surface area contributed by atoms with Crippen LogP contribution < -0.4 is 0 Å². The molecule has 0 aliphatic rings. The number of hydrogen-bond acceptors (Lipinski definition) is 7. The summed E-state index contributed by atoms with van der Waals surface area (Å²) in [7, 11) is 0. The molecule has 4 rings (SSSR count). The molecule has 0 unspecified atom stereocenters. The number of pyridine rings is 2. The first kappa shape index (κ1) is 21.3. The molecule has 0 aliphatic heterocycles. The van der Waals surface area contributed by atoms with Crippen LogP contribution in [-0.2, 0) is 23.2 Å². The van der Waals surface area contributed by atoms with Crippen LogP contribution in [0.25, 0.3) is 21.8 Å². The van der Waals surface area contributed by atoms with Crippen molar-refractivity contribution in [2.24, 2.45) is 0 Å². The van der Waals surface area contributed by atoms with Gasteiger partial charge in [0.1, 0.15) is 22.5 Å². The van der Waals surface area contributed by atoms with Crippen LogP contribution in [0.2, 0.25) is 0 Å². The predicted octanol–water partition coefficient (Wildman–Crippen LogP) is 3.78.